The standard InChI is InChI=1S/C38H21BrN2O/c39-33-17-16-30-35-29(33)10-5-11-31(35)38(42)41-36-32(27-15-13-23-7-2-4-9-25(23)19-27)20-28(21-34(36)40-37(30)41)26-14-12-22-6-1-3-8-24(22)18-26/h1-21H. The molecule has 0 aliphatic carbocycles. The van der Waals surface area contributed by atoms with Gasteiger partial charge < -0.3 is 0 Å². The van der Waals surface area contributed by atoms with Gasteiger partial charge in [0.1, 0.15) is 5.65 Å². The van der Waals surface area contributed by atoms with Gasteiger partial charge in [0, 0.05) is 26.2 Å². The summed E-state index contributed by atoms with van der Waals surface area (Å²) in [5, 5.41) is 8.36. The minimum atomic E-state index is -0.0517. The molecule has 2 heterocycles. The second-order valence-corrected chi connectivity index (χ2v) is 11.8. The third-order valence-corrected chi connectivity index (χ3v) is 9.25. The normalized spacial score (nSPS) is 12.0. The Morgan fingerprint density at radius 1 is 0.548 bits per heavy atom. The molecule has 0 fully saturated rings. The molecule has 0 N–H and O–H groups in total. The van der Waals surface area contributed by atoms with Gasteiger partial charge in [0.15, 0.2) is 0 Å². The fourth-order valence-electron chi connectivity index (χ4n) is 6.56. The van der Waals surface area contributed by atoms with Crippen LogP contribution in [-0.4, -0.2) is 9.38 Å². The second kappa shape index (κ2) is 8.72. The summed E-state index contributed by atoms with van der Waals surface area (Å²) >= 11 is 3.69. The number of fused-ring (bicyclic) bond motifs is 6. The highest BCUT2D eigenvalue weighted by Gasteiger charge is 2.21. The van der Waals surface area contributed by atoms with E-state index in [4.69, 9.17) is 4.98 Å². The lowest BCUT2D eigenvalue weighted by atomic mass is 9.94. The minimum absolute atomic E-state index is 0.0517. The van der Waals surface area contributed by atoms with E-state index in [0.717, 1.165) is 59.3 Å². The lowest BCUT2D eigenvalue weighted by Crippen LogP contribution is -2.13. The van der Waals surface area contributed by atoms with Crippen molar-refractivity contribution in [1.82, 2.24) is 9.38 Å². The first-order valence-corrected chi connectivity index (χ1v) is 14.7. The Morgan fingerprint density at radius 3 is 1.98 bits per heavy atom. The van der Waals surface area contributed by atoms with Crippen molar-refractivity contribution in [1.29, 1.82) is 0 Å². The van der Waals surface area contributed by atoms with Gasteiger partial charge in [-0.15, -0.1) is 0 Å². The van der Waals surface area contributed by atoms with Crippen LogP contribution in [0.3, 0.4) is 0 Å². The molecule has 2 aromatic heterocycles. The van der Waals surface area contributed by atoms with E-state index in [2.05, 4.69) is 125 Å². The molecular formula is C38H21BrN2O. The summed E-state index contributed by atoms with van der Waals surface area (Å²) in [6, 6.07) is 44.3. The number of pyridine rings is 1. The first-order valence-electron chi connectivity index (χ1n) is 14.0. The molecule has 0 amide bonds. The molecule has 0 unspecified atom stereocenters. The van der Waals surface area contributed by atoms with Crippen LogP contribution >= 0.6 is 15.9 Å². The predicted molar refractivity (Wildman–Crippen MR) is 179 cm³/mol. The molecule has 0 spiro atoms. The van der Waals surface area contributed by atoms with E-state index in [9.17, 15) is 4.79 Å². The second-order valence-electron chi connectivity index (χ2n) is 10.9. The first kappa shape index (κ1) is 23.6. The summed E-state index contributed by atoms with van der Waals surface area (Å²) in [7, 11) is 0. The maximum atomic E-state index is 14.3. The van der Waals surface area contributed by atoms with E-state index in [-0.39, 0.29) is 5.56 Å². The summed E-state index contributed by atoms with van der Waals surface area (Å²) < 4.78 is 2.80. The highest BCUT2D eigenvalue weighted by Crippen LogP contribution is 2.39. The predicted octanol–water partition coefficient (Wildman–Crippen LogP) is 9.99. The Hall–Kier alpha value is -5.06. The zero-order valence-corrected chi connectivity index (χ0v) is 23.9. The fraction of sp³-hybridized carbons (Fsp3) is 0. The van der Waals surface area contributed by atoms with E-state index in [1.54, 1.807) is 0 Å². The van der Waals surface area contributed by atoms with Gasteiger partial charge in [-0.3, -0.25) is 9.20 Å². The topological polar surface area (TPSA) is 34.4 Å². The molecule has 4 heteroatoms. The van der Waals surface area contributed by atoms with Gasteiger partial charge in [-0.05, 0) is 86.1 Å². The molecule has 0 atom stereocenters. The zero-order valence-electron chi connectivity index (χ0n) is 22.3. The monoisotopic (exact) mass is 600 g/mol. The molecule has 0 aliphatic rings. The molecule has 9 rings (SSSR count). The maximum Gasteiger partial charge on any atom is 0.264 e. The third kappa shape index (κ3) is 3.33. The maximum absolute atomic E-state index is 14.3. The van der Waals surface area contributed by atoms with Gasteiger partial charge >= 0.3 is 0 Å². The minimum Gasteiger partial charge on any atom is -0.268 e. The molecule has 0 radical (unpaired) electrons. The molecule has 42 heavy (non-hydrogen) atoms. The Labute approximate surface area is 248 Å². The molecule has 3 nitrogen and oxygen atoms in total. The molecule has 7 aromatic carbocycles. The Balaban J connectivity index is 1.45. The lowest BCUT2D eigenvalue weighted by molar-refractivity contribution is 1.19. The fourth-order valence-corrected chi connectivity index (χ4v) is 7.02. The summed E-state index contributed by atoms with van der Waals surface area (Å²) in [6.07, 6.45) is 0. The largest absolute Gasteiger partial charge is 0.268 e. The SMILES string of the molecule is O=c1c2cccc3c(Br)ccc(c32)c2nc3cc(-c4ccc5ccccc5c4)cc(-c4ccc5ccccc5c4)c3n12. The van der Waals surface area contributed by atoms with Crippen LogP contribution in [0.4, 0.5) is 0 Å². The van der Waals surface area contributed by atoms with E-state index in [1.807, 2.05) is 22.6 Å². The van der Waals surface area contributed by atoms with Crippen molar-refractivity contribution in [3.05, 3.63) is 142 Å². The van der Waals surface area contributed by atoms with Gasteiger partial charge in [-0.2, -0.15) is 0 Å². The summed E-state index contributed by atoms with van der Waals surface area (Å²) in [5.74, 6) is 0. The van der Waals surface area contributed by atoms with Crippen molar-refractivity contribution in [3.8, 4) is 22.3 Å². The number of rotatable bonds is 2. The molecule has 0 saturated carbocycles. The Bertz CT molecular complexity index is 2620. The van der Waals surface area contributed by atoms with E-state index in [0.29, 0.717) is 11.0 Å². The van der Waals surface area contributed by atoms with Gasteiger partial charge in [0.25, 0.3) is 5.56 Å². The number of benzene rings is 7. The van der Waals surface area contributed by atoms with Crippen LogP contribution in [0.5, 0.6) is 0 Å². The summed E-state index contributed by atoms with van der Waals surface area (Å²) in [5.41, 5.74) is 6.49. The quantitative estimate of drug-likeness (QED) is 0.198. The Morgan fingerprint density at radius 2 is 1.21 bits per heavy atom. The molecule has 9 aromatic rings. The molecule has 0 aliphatic heterocycles. The first-order chi connectivity index (χ1) is 20.6. The number of hydrogen-bond acceptors (Lipinski definition) is 2. The van der Waals surface area contributed by atoms with Gasteiger partial charge in [-0.25, -0.2) is 4.98 Å². The van der Waals surface area contributed by atoms with Gasteiger partial charge in [0.2, 0.25) is 0 Å². The van der Waals surface area contributed by atoms with E-state index < -0.39 is 0 Å². The van der Waals surface area contributed by atoms with Crippen molar-refractivity contribution < 1.29 is 0 Å². The molecule has 0 saturated heterocycles. The van der Waals surface area contributed by atoms with Crippen LogP contribution in [-0.2, 0) is 0 Å². The van der Waals surface area contributed by atoms with Crippen molar-refractivity contribution in [2.24, 2.45) is 0 Å². The number of halogens is 1. The highest BCUT2D eigenvalue weighted by molar-refractivity contribution is 9.10. The zero-order chi connectivity index (χ0) is 27.9. The molecular weight excluding hydrogens is 580 g/mol. The number of aromatic nitrogens is 2. The molecule has 0 bridgehead atoms. The lowest BCUT2D eigenvalue weighted by Gasteiger charge is -2.12. The van der Waals surface area contributed by atoms with Crippen molar-refractivity contribution in [2.45, 2.75) is 0 Å². The van der Waals surface area contributed by atoms with Crippen LogP contribution in [0.1, 0.15) is 0 Å². The Kier molecular flexibility index (Phi) is 4.90. The average molecular weight is 602 g/mol. The van der Waals surface area contributed by atoms with Crippen molar-refractivity contribution >= 4 is 75.7 Å². The summed E-state index contributed by atoms with van der Waals surface area (Å²) in [4.78, 5) is 19.5. The molecule has 196 valence electrons. The van der Waals surface area contributed by atoms with E-state index >= 15 is 0 Å². The van der Waals surface area contributed by atoms with Gasteiger partial charge in [-0.1, -0.05) is 101 Å². The van der Waals surface area contributed by atoms with Gasteiger partial charge in [0.05, 0.1) is 11.0 Å². The van der Waals surface area contributed by atoms with Crippen LogP contribution < -0.4 is 5.56 Å². The number of nitrogens with zero attached hydrogens (tertiary/aromatic N) is 2. The van der Waals surface area contributed by atoms with Crippen LogP contribution in [0.2, 0.25) is 0 Å². The number of hydrogen-bond donors (Lipinski definition) is 0. The third-order valence-electron chi connectivity index (χ3n) is 8.56. The van der Waals surface area contributed by atoms with Crippen LogP contribution in [0, 0.1) is 0 Å². The van der Waals surface area contributed by atoms with Crippen LogP contribution in [0.25, 0.3) is 82.0 Å². The van der Waals surface area contributed by atoms with E-state index in [1.165, 1.54) is 16.2 Å². The van der Waals surface area contributed by atoms with Crippen molar-refractivity contribution in [2.75, 3.05) is 0 Å². The average Bonchev–Trinajstić information content (AvgIpc) is 3.43. The highest BCUT2D eigenvalue weighted by atomic mass is 79.9. The van der Waals surface area contributed by atoms with Crippen LogP contribution in [0.15, 0.2) is 137 Å². The summed E-state index contributed by atoms with van der Waals surface area (Å²) in [6.45, 7) is 0. The number of imidazole rings is 1. The van der Waals surface area contributed by atoms with Crippen molar-refractivity contribution in [3.63, 3.8) is 0 Å². The smallest absolute Gasteiger partial charge is 0.264 e.